The minimum atomic E-state index is -1.69. The second kappa shape index (κ2) is 7.64. The van der Waals surface area contributed by atoms with Crippen molar-refractivity contribution in [1.29, 1.82) is 0 Å². The van der Waals surface area contributed by atoms with Crippen molar-refractivity contribution in [2.45, 2.75) is 32.0 Å². The van der Waals surface area contributed by atoms with Gasteiger partial charge in [-0.05, 0) is 31.4 Å². The van der Waals surface area contributed by atoms with E-state index in [9.17, 15) is 9.18 Å². The van der Waals surface area contributed by atoms with Gasteiger partial charge >= 0.3 is 0 Å². The van der Waals surface area contributed by atoms with Crippen molar-refractivity contribution < 1.29 is 9.18 Å². The van der Waals surface area contributed by atoms with Crippen LogP contribution in [-0.2, 0) is 11.3 Å². The number of anilines is 1. The van der Waals surface area contributed by atoms with Crippen molar-refractivity contribution in [2.24, 2.45) is 0 Å². The van der Waals surface area contributed by atoms with Crippen LogP contribution in [0.25, 0.3) is 11.4 Å². The van der Waals surface area contributed by atoms with E-state index in [-0.39, 0.29) is 6.54 Å². The SMILES string of the molecule is Cc1ccc(-c2ncc(CNC(=O)C3(F)CC3)c(N3CCNCC3)n2)cc1Cl. The zero-order chi connectivity index (χ0) is 19.7. The highest BCUT2D eigenvalue weighted by atomic mass is 35.5. The highest BCUT2D eigenvalue weighted by Crippen LogP contribution is 2.39. The van der Waals surface area contributed by atoms with Crippen LogP contribution in [0.15, 0.2) is 24.4 Å². The summed E-state index contributed by atoms with van der Waals surface area (Å²) in [7, 11) is 0. The Morgan fingerprint density at radius 2 is 2.11 bits per heavy atom. The minimum Gasteiger partial charge on any atom is -0.354 e. The van der Waals surface area contributed by atoms with Crippen LogP contribution in [0.1, 0.15) is 24.0 Å². The summed E-state index contributed by atoms with van der Waals surface area (Å²) in [6.45, 7) is 5.48. The van der Waals surface area contributed by atoms with Gasteiger partial charge in [-0.25, -0.2) is 14.4 Å². The number of amides is 1. The average Bonchev–Trinajstić information content (AvgIpc) is 3.47. The molecule has 1 aromatic carbocycles. The van der Waals surface area contributed by atoms with E-state index in [2.05, 4.69) is 20.5 Å². The number of piperazine rings is 1. The molecule has 0 bridgehead atoms. The normalized spacial score (nSPS) is 18.0. The first-order valence-electron chi connectivity index (χ1n) is 9.52. The summed E-state index contributed by atoms with van der Waals surface area (Å²) < 4.78 is 13.9. The van der Waals surface area contributed by atoms with Crippen LogP contribution in [0.3, 0.4) is 0 Å². The van der Waals surface area contributed by atoms with Gasteiger partial charge in [-0.15, -0.1) is 0 Å². The highest BCUT2D eigenvalue weighted by Gasteiger charge is 2.50. The summed E-state index contributed by atoms with van der Waals surface area (Å²) in [5.41, 5.74) is 0.922. The lowest BCUT2D eigenvalue weighted by atomic mass is 10.1. The quantitative estimate of drug-likeness (QED) is 0.803. The molecule has 0 atom stereocenters. The molecular weight excluding hydrogens is 381 g/mol. The summed E-state index contributed by atoms with van der Waals surface area (Å²) in [6, 6.07) is 5.74. The first kappa shape index (κ1) is 19.1. The maximum absolute atomic E-state index is 13.9. The lowest BCUT2D eigenvalue weighted by Gasteiger charge is -2.30. The van der Waals surface area contributed by atoms with Gasteiger partial charge in [-0.2, -0.15) is 0 Å². The number of alkyl halides is 1. The molecule has 6 nitrogen and oxygen atoms in total. The largest absolute Gasteiger partial charge is 0.354 e. The molecule has 0 radical (unpaired) electrons. The van der Waals surface area contributed by atoms with Crippen LogP contribution >= 0.6 is 11.6 Å². The second-order valence-electron chi connectivity index (χ2n) is 7.39. The molecule has 1 aromatic heterocycles. The van der Waals surface area contributed by atoms with E-state index in [1.54, 1.807) is 6.20 Å². The van der Waals surface area contributed by atoms with Gasteiger partial charge in [0.1, 0.15) is 5.82 Å². The molecule has 0 unspecified atom stereocenters. The van der Waals surface area contributed by atoms with E-state index >= 15 is 0 Å². The fraction of sp³-hybridized carbons (Fsp3) is 0.450. The summed E-state index contributed by atoms with van der Waals surface area (Å²) >= 11 is 6.26. The molecule has 148 valence electrons. The summed E-state index contributed by atoms with van der Waals surface area (Å²) in [6.07, 6.45) is 2.31. The molecule has 2 aliphatic rings. The van der Waals surface area contributed by atoms with Crippen LogP contribution in [0, 0.1) is 6.92 Å². The molecule has 2 heterocycles. The van der Waals surface area contributed by atoms with Gasteiger partial charge in [0.25, 0.3) is 5.91 Å². The zero-order valence-electron chi connectivity index (χ0n) is 15.8. The average molecular weight is 404 g/mol. The number of aromatic nitrogens is 2. The number of hydrogen-bond donors (Lipinski definition) is 2. The van der Waals surface area contributed by atoms with E-state index in [1.165, 1.54) is 0 Å². The molecule has 1 amide bonds. The lowest BCUT2D eigenvalue weighted by molar-refractivity contribution is -0.127. The number of nitrogens with one attached hydrogen (secondary N) is 2. The summed E-state index contributed by atoms with van der Waals surface area (Å²) in [5, 5.41) is 6.69. The van der Waals surface area contributed by atoms with Crippen LogP contribution in [-0.4, -0.2) is 47.7 Å². The third-order valence-corrected chi connectivity index (χ3v) is 5.63. The molecule has 1 saturated heterocycles. The van der Waals surface area contributed by atoms with Gasteiger partial charge in [-0.3, -0.25) is 4.79 Å². The van der Waals surface area contributed by atoms with Crippen molar-refractivity contribution in [3.63, 3.8) is 0 Å². The molecule has 1 aliphatic heterocycles. The molecule has 8 heteroatoms. The maximum Gasteiger partial charge on any atom is 0.257 e. The Labute approximate surface area is 168 Å². The number of carbonyl (C=O) groups excluding carboxylic acids is 1. The smallest absolute Gasteiger partial charge is 0.257 e. The van der Waals surface area contributed by atoms with Gasteiger partial charge in [-0.1, -0.05) is 23.7 Å². The van der Waals surface area contributed by atoms with Crippen molar-refractivity contribution in [3.8, 4) is 11.4 Å². The van der Waals surface area contributed by atoms with Gasteiger partial charge in [0.2, 0.25) is 0 Å². The lowest BCUT2D eigenvalue weighted by Crippen LogP contribution is -2.44. The molecule has 2 fully saturated rings. The monoisotopic (exact) mass is 403 g/mol. The number of hydrogen-bond acceptors (Lipinski definition) is 5. The second-order valence-corrected chi connectivity index (χ2v) is 7.80. The zero-order valence-corrected chi connectivity index (χ0v) is 16.5. The van der Waals surface area contributed by atoms with Gasteiger partial charge in [0, 0.05) is 55.1 Å². The molecular formula is C20H23ClFN5O. The van der Waals surface area contributed by atoms with E-state index < -0.39 is 11.6 Å². The third kappa shape index (κ3) is 3.95. The Morgan fingerprint density at radius 1 is 1.36 bits per heavy atom. The third-order valence-electron chi connectivity index (χ3n) is 5.22. The minimum absolute atomic E-state index is 0.207. The molecule has 1 saturated carbocycles. The highest BCUT2D eigenvalue weighted by molar-refractivity contribution is 6.31. The number of carbonyl (C=O) groups is 1. The molecule has 2 aromatic rings. The molecule has 0 spiro atoms. The van der Waals surface area contributed by atoms with Crippen LogP contribution < -0.4 is 15.5 Å². The van der Waals surface area contributed by atoms with Gasteiger partial charge in [0.05, 0.1) is 0 Å². The fourth-order valence-electron chi connectivity index (χ4n) is 3.21. The topological polar surface area (TPSA) is 70.2 Å². The molecule has 2 N–H and O–H groups in total. The Morgan fingerprint density at radius 3 is 2.79 bits per heavy atom. The Bertz CT molecular complexity index is 896. The van der Waals surface area contributed by atoms with E-state index in [1.807, 2.05) is 25.1 Å². The van der Waals surface area contributed by atoms with E-state index in [0.717, 1.165) is 48.7 Å². The summed E-state index contributed by atoms with van der Waals surface area (Å²) in [4.78, 5) is 23.4. The fourth-order valence-corrected chi connectivity index (χ4v) is 3.40. The predicted molar refractivity (Wildman–Crippen MR) is 107 cm³/mol. The molecule has 28 heavy (non-hydrogen) atoms. The number of aryl methyl sites for hydroxylation is 1. The number of benzene rings is 1. The van der Waals surface area contributed by atoms with Crippen molar-refractivity contribution in [3.05, 3.63) is 40.5 Å². The standard InChI is InChI=1S/C20H23ClFN5O/c1-13-2-3-14(10-16(13)21)17-24-11-15(12-25-19(28)20(22)4-5-20)18(26-17)27-8-6-23-7-9-27/h2-3,10-11,23H,4-9,12H2,1H3,(H,25,28). The van der Waals surface area contributed by atoms with Gasteiger partial charge in [0.15, 0.2) is 11.5 Å². The Balaban J connectivity index is 1.62. The number of halogens is 2. The van der Waals surface area contributed by atoms with E-state index in [4.69, 9.17) is 16.6 Å². The first-order valence-corrected chi connectivity index (χ1v) is 9.89. The molecule has 4 rings (SSSR count). The van der Waals surface area contributed by atoms with Crippen LogP contribution in [0.5, 0.6) is 0 Å². The van der Waals surface area contributed by atoms with Crippen molar-refractivity contribution in [1.82, 2.24) is 20.6 Å². The summed E-state index contributed by atoms with van der Waals surface area (Å²) in [5.74, 6) is 0.801. The van der Waals surface area contributed by atoms with Crippen molar-refractivity contribution >= 4 is 23.3 Å². The number of nitrogens with zero attached hydrogens (tertiary/aromatic N) is 3. The molecule has 1 aliphatic carbocycles. The van der Waals surface area contributed by atoms with Crippen LogP contribution in [0.2, 0.25) is 5.02 Å². The van der Waals surface area contributed by atoms with Gasteiger partial charge < -0.3 is 15.5 Å². The predicted octanol–water partition coefficient (Wildman–Crippen LogP) is 2.63. The van der Waals surface area contributed by atoms with Crippen molar-refractivity contribution in [2.75, 3.05) is 31.1 Å². The maximum atomic E-state index is 13.9. The number of rotatable bonds is 5. The Hall–Kier alpha value is -2.25. The van der Waals surface area contributed by atoms with Crippen LogP contribution in [0.4, 0.5) is 10.2 Å². The Kier molecular flexibility index (Phi) is 5.21. The first-order chi connectivity index (χ1) is 13.5. The van der Waals surface area contributed by atoms with E-state index in [0.29, 0.717) is 23.7 Å².